The van der Waals surface area contributed by atoms with E-state index in [2.05, 4.69) is 35.4 Å². The second kappa shape index (κ2) is 13.5. The number of halogens is 7. The number of aromatic nitrogens is 2. The molecule has 5 N–H and O–H groups in total. The fourth-order valence-corrected chi connectivity index (χ4v) is 7.34. The Morgan fingerprint density at radius 3 is 2.23 bits per heavy atom. The van der Waals surface area contributed by atoms with Crippen molar-refractivity contribution in [3.63, 3.8) is 0 Å². The second-order valence-corrected chi connectivity index (χ2v) is 14.2. The minimum Gasteiger partial charge on any atom is -0.480 e. The number of aromatic amines is 1. The lowest BCUT2D eigenvalue weighted by atomic mass is 10.1. The van der Waals surface area contributed by atoms with Crippen LogP contribution in [0.5, 0.6) is 5.75 Å². The number of imidazole rings is 1. The van der Waals surface area contributed by atoms with Crippen LogP contribution in [0.4, 0.5) is 32.0 Å². The lowest BCUT2D eigenvalue weighted by molar-refractivity contribution is -0.275. The number of aliphatic carboxylic acids is 1. The molecule has 2 atom stereocenters. The summed E-state index contributed by atoms with van der Waals surface area (Å²) in [7, 11) is -9.47. The number of rotatable bonds is 12. The Morgan fingerprint density at radius 1 is 1.04 bits per heavy atom. The zero-order valence-electron chi connectivity index (χ0n) is 24.2. The standard InChI is InChI=1S/C27H24BrF6N5O7S2/c1-2-21(25(40)41)39(48(35,44)45)17-7-3-14(4-8-17)11-20(24-36-18-9-5-15(26(29,30)31)12-19(18)37-24)38-47(42,43)23-10-6-16(28)13-22(23)46-27(32,33)34/h3-10,12-13,20-21,38H,2,11H2,1H3,(H,36,37)(H,40,41)(H2,35,44,45)/t20-,21?/m0/s1. The van der Waals surface area contributed by atoms with E-state index >= 15 is 0 Å². The molecule has 4 aromatic rings. The Morgan fingerprint density at radius 2 is 1.69 bits per heavy atom. The van der Waals surface area contributed by atoms with E-state index in [1.807, 2.05) is 0 Å². The van der Waals surface area contributed by atoms with Gasteiger partial charge in [-0.1, -0.05) is 35.0 Å². The van der Waals surface area contributed by atoms with Gasteiger partial charge in [0.1, 0.15) is 16.8 Å². The summed E-state index contributed by atoms with van der Waals surface area (Å²) in [5.74, 6) is -2.79. The summed E-state index contributed by atoms with van der Waals surface area (Å²) in [6.07, 6.45) is -10.5. The van der Waals surface area contributed by atoms with E-state index in [1.54, 1.807) is 0 Å². The number of fused-ring (bicyclic) bond motifs is 1. The molecule has 21 heteroatoms. The number of carbonyl (C=O) groups is 1. The smallest absolute Gasteiger partial charge is 0.480 e. The molecule has 0 spiro atoms. The number of carboxylic acid groups (broad SMARTS) is 1. The Bertz CT molecular complexity index is 2040. The number of sulfonamides is 1. The number of H-pyrrole nitrogens is 1. The largest absolute Gasteiger partial charge is 0.573 e. The van der Waals surface area contributed by atoms with E-state index in [0.29, 0.717) is 4.31 Å². The van der Waals surface area contributed by atoms with Crippen LogP contribution in [-0.2, 0) is 37.6 Å². The minimum absolute atomic E-state index is 0.00496. The van der Waals surface area contributed by atoms with Crippen molar-refractivity contribution < 1.29 is 57.8 Å². The summed E-state index contributed by atoms with van der Waals surface area (Å²) in [4.78, 5) is 17.6. The third-order valence-electron chi connectivity index (χ3n) is 6.74. The number of carboxylic acids is 1. The maximum atomic E-state index is 13.5. The Labute approximate surface area is 277 Å². The first-order valence-electron chi connectivity index (χ1n) is 13.4. The molecule has 3 aromatic carbocycles. The summed E-state index contributed by atoms with van der Waals surface area (Å²) in [5.41, 5.74) is -1.06. The van der Waals surface area contributed by atoms with Crippen LogP contribution >= 0.6 is 15.9 Å². The summed E-state index contributed by atoms with van der Waals surface area (Å²) in [6.45, 7) is 1.42. The van der Waals surface area contributed by atoms with Gasteiger partial charge in [0.25, 0.3) is 10.2 Å². The van der Waals surface area contributed by atoms with Crippen LogP contribution in [0.3, 0.4) is 0 Å². The Kier molecular flexibility index (Phi) is 10.4. The highest BCUT2D eigenvalue weighted by atomic mass is 79.9. The maximum absolute atomic E-state index is 13.5. The molecule has 1 heterocycles. The van der Waals surface area contributed by atoms with Gasteiger partial charge >= 0.3 is 18.5 Å². The van der Waals surface area contributed by atoms with Crippen LogP contribution in [0, 0.1) is 0 Å². The molecule has 1 unspecified atom stereocenters. The van der Waals surface area contributed by atoms with Crippen LogP contribution in [0.2, 0.25) is 0 Å². The van der Waals surface area contributed by atoms with Crippen molar-refractivity contribution in [2.24, 2.45) is 5.14 Å². The summed E-state index contributed by atoms with van der Waals surface area (Å²) < 4.78 is 138. The van der Waals surface area contributed by atoms with Gasteiger partial charge in [0.15, 0.2) is 5.75 Å². The molecule has 48 heavy (non-hydrogen) atoms. The van der Waals surface area contributed by atoms with Crippen molar-refractivity contribution in [2.75, 3.05) is 4.31 Å². The number of anilines is 1. The molecule has 4 rings (SSSR count). The predicted molar refractivity (Wildman–Crippen MR) is 162 cm³/mol. The van der Waals surface area contributed by atoms with E-state index in [-0.39, 0.29) is 45.4 Å². The fourth-order valence-electron chi connectivity index (χ4n) is 4.68. The number of benzene rings is 3. The average Bonchev–Trinajstić information content (AvgIpc) is 3.37. The number of hydrogen-bond acceptors (Lipinski definition) is 7. The SMILES string of the molecule is CCC(C(=O)O)N(c1ccc(C[C@H](NS(=O)(=O)c2ccc(Br)cc2OC(F)(F)F)c2nc3ccc(C(F)(F)F)cc3[nH]2)cc1)S(N)(=O)=O. The highest BCUT2D eigenvalue weighted by Gasteiger charge is 2.36. The molecule has 12 nitrogen and oxygen atoms in total. The zero-order chi connectivity index (χ0) is 35.8. The van der Waals surface area contributed by atoms with Crippen LogP contribution < -0.4 is 18.9 Å². The van der Waals surface area contributed by atoms with Gasteiger partial charge in [-0.2, -0.15) is 21.6 Å². The first-order valence-corrected chi connectivity index (χ1v) is 17.2. The number of nitrogens with zero attached hydrogens (tertiary/aromatic N) is 2. The predicted octanol–water partition coefficient (Wildman–Crippen LogP) is 5.38. The van der Waals surface area contributed by atoms with Crippen molar-refractivity contribution in [1.29, 1.82) is 0 Å². The fraction of sp³-hybridized carbons (Fsp3) is 0.259. The monoisotopic (exact) mass is 787 g/mol. The second-order valence-electron chi connectivity index (χ2n) is 10.1. The normalized spacial score (nSPS) is 14.1. The molecule has 0 fully saturated rings. The highest BCUT2D eigenvalue weighted by Crippen LogP contribution is 2.35. The summed E-state index contributed by atoms with van der Waals surface area (Å²) in [5, 5.41) is 14.8. The molecule has 0 bridgehead atoms. The van der Waals surface area contributed by atoms with E-state index < -0.39 is 67.0 Å². The highest BCUT2D eigenvalue weighted by molar-refractivity contribution is 9.10. The van der Waals surface area contributed by atoms with Crippen LogP contribution in [0.25, 0.3) is 11.0 Å². The Balaban J connectivity index is 1.79. The zero-order valence-corrected chi connectivity index (χ0v) is 27.4. The van der Waals surface area contributed by atoms with Gasteiger partial charge in [-0.3, -0.25) is 0 Å². The van der Waals surface area contributed by atoms with Crippen LogP contribution in [0.15, 0.2) is 70.0 Å². The van der Waals surface area contributed by atoms with Gasteiger partial charge in [0, 0.05) is 4.47 Å². The van der Waals surface area contributed by atoms with Crippen molar-refractivity contribution in [3.8, 4) is 5.75 Å². The van der Waals surface area contributed by atoms with Crippen molar-refractivity contribution in [3.05, 3.63) is 82.1 Å². The number of alkyl halides is 6. The molecule has 0 saturated carbocycles. The molecular weight excluding hydrogens is 764 g/mol. The van der Waals surface area contributed by atoms with Gasteiger partial charge in [0.2, 0.25) is 10.0 Å². The maximum Gasteiger partial charge on any atom is 0.573 e. The molecule has 0 radical (unpaired) electrons. The van der Waals surface area contributed by atoms with Crippen molar-refractivity contribution in [1.82, 2.24) is 14.7 Å². The average molecular weight is 789 g/mol. The number of nitrogens with two attached hydrogens (primary N) is 1. The minimum atomic E-state index is -5.27. The topological polar surface area (TPSA) is 185 Å². The summed E-state index contributed by atoms with van der Waals surface area (Å²) >= 11 is 2.95. The van der Waals surface area contributed by atoms with Gasteiger partial charge in [-0.15, -0.1) is 13.2 Å². The van der Waals surface area contributed by atoms with E-state index in [0.717, 1.165) is 36.4 Å². The van der Waals surface area contributed by atoms with E-state index in [9.17, 15) is 53.1 Å². The molecule has 0 aliphatic carbocycles. The van der Waals surface area contributed by atoms with Gasteiger partial charge < -0.3 is 14.8 Å². The van der Waals surface area contributed by atoms with Crippen LogP contribution in [-0.4, -0.2) is 50.3 Å². The van der Waals surface area contributed by atoms with E-state index in [1.165, 1.54) is 31.2 Å². The molecule has 0 aliphatic heterocycles. The third-order valence-corrected chi connectivity index (χ3v) is 9.75. The molecule has 0 aliphatic rings. The van der Waals surface area contributed by atoms with Crippen molar-refractivity contribution >= 4 is 58.9 Å². The van der Waals surface area contributed by atoms with Crippen molar-refractivity contribution in [2.45, 2.75) is 49.3 Å². The molecule has 0 saturated heterocycles. The van der Waals surface area contributed by atoms with Gasteiger partial charge in [0.05, 0.1) is 28.3 Å². The first kappa shape index (κ1) is 36.9. The molecule has 0 amide bonds. The molecule has 260 valence electrons. The lowest BCUT2D eigenvalue weighted by Gasteiger charge is -2.27. The molecular formula is C27H24BrF6N5O7S2. The lowest BCUT2D eigenvalue weighted by Crippen LogP contribution is -2.48. The number of nitrogens with one attached hydrogen (secondary N) is 2. The van der Waals surface area contributed by atoms with E-state index in [4.69, 9.17) is 5.14 Å². The number of hydrogen-bond donors (Lipinski definition) is 4. The molecule has 1 aromatic heterocycles. The first-order chi connectivity index (χ1) is 22.1. The Hall–Kier alpha value is -3.92. The van der Waals surface area contributed by atoms with Gasteiger partial charge in [-0.05, 0) is 66.9 Å². The quantitative estimate of drug-likeness (QED) is 0.138. The number of ether oxygens (including phenoxy) is 1. The third kappa shape index (κ3) is 8.75. The van der Waals surface area contributed by atoms with Crippen LogP contribution in [0.1, 0.15) is 36.3 Å². The van der Waals surface area contributed by atoms with Gasteiger partial charge in [-0.25, -0.2) is 32.4 Å². The summed E-state index contributed by atoms with van der Waals surface area (Å²) in [6, 6.07) is 7.22.